The molecule has 0 N–H and O–H groups in total. The van der Waals surface area contributed by atoms with Gasteiger partial charge in [0.1, 0.15) is 12.3 Å². The highest BCUT2D eigenvalue weighted by Crippen LogP contribution is 2.31. The van der Waals surface area contributed by atoms with E-state index in [2.05, 4.69) is 0 Å². The third kappa shape index (κ3) is 5.32. The predicted molar refractivity (Wildman–Crippen MR) is 114 cm³/mol. The molecule has 0 aliphatic heterocycles. The smallest absolute Gasteiger partial charge is 0.326 e. The summed E-state index contributed by atoms with van der Waals surface area (Å²) in [5.41, 5.74) is -0.400. The van der Waals surface area contributed by atoms with Gasteiger partial charge in [-0.2, -0.15) is 0 Å². The highest BCUT2D eigenvalue weighted by molar-refractivity contribution is 7.93. The van der Waals surface area contributed by atoms with Gasteiger partial charge in [-0.3, -0.25) is 19.2 Å². The van der Waals surface area contributed by atoms with Gasteiger partial charge >= 0.3 is 5.97 Å². The zero-order valence-electron chi connectivity index (χ0n) is 17.1. The Morgan fingerprint density at radius 2 is 1.77 bits per heavy atom. The Kier molecular flexibility index (Phi) is 7.11. The minimum Gasteiger partial charge on any atom is -0.490 e. The third-order valence-corrected chi connectivity index (χ3v) is 6.76. The number of sulfonamides is 1. The number of benzene rings is 2. The zero-order chi connectivity index (χ0) is 22.4. The van der Waals surface area contributed by atoms with Crippen LogP contribution in [0.1, 0.15) is 32.6 Å². The van der Waals surface area contributed by atoms with E-state index in [0.29, 0.717) is 5.75 Å². The number of esters is 1. The van der Waals surface area contributed by atoms with Crippen LogP contribution in [0.2, 0.25) is 0 Å². The Bertz CT molecular complexity index is 1030. The molecule has 0 heterocycles. The third-order valence-electron chi connectivity index (χ3n) is 4.94. The lowest BCUT2D eigenvalue weighted by molar-refractivity contribution is -0.387. The fraction of sp³-hybridized carbons (Fsp3) is 0.381. The van der Waals surface area contributed by atoms with Crippen molar-refractivity contribution < 1.29 is 27.6 Å². The first-order valence-electron chi connectivity index (χ1n) is 10.0. The Labute approximate surface area is 180 Å². The molecule has 1 fully saturated rings. The number of para-hydroxylation sites is 1. The SMILES string of the molecule is CCOC(=O)CN(c1ccc(OC2CCCC2)cc1)S(=O)(=O)c1ccccc1[N+](=O)[O-]. The summed E-state index contributed by atoms with van der Waals surface area (Å²) in [6, 6.07) is 11.3. The normalized spacial score (nSPS) is 14.2. The van der Waals surface area contributed by atoms with Crippen LogP contribution in [0.3, 0.4) is 0 Å². The number of nitro benzene ring substituents is 1. The van der Waals surface area contributed by atoms with E-state index in [-0.39, 0.29) is 18.4 Å². The van der Waals surface area contributed by atoms with Gasteiger partial charge in [-0.15, -0.1) is 0 Å². The molecule has 1 aliphatic carbocycles. The van der Waals surface area contributed by atoms with Crippen molar-refractivity contribution in [2.24, 2.45) is 0 Å². The molecular formula is C21H24N2O7S. The molecule has 1 aliphatic rings. The van der Waals surface area contributed by atoms with E-state index in [0.717, 1.165) is 42.1 Å². The van der Waals surface area contributed by atoms with E-state index < -0.39 is 38.0 Å². The molecule has 2 aromatic rings. The summed E-state index contributed by atoms with van der Waals surface area (Å²) in [5.74, 6) is -0.175. The monoisotopic (exact) mass is 448 g/mol. The van der Waals surface area contributed by atoms with Gasteiger partial charge in [0.15, 0.2) is 4.90 Å². The molecule has 0 spiro atoms. The molecule has 0 atom stereocenters. The molecule has 2 aromatic carbocycles. The van der Waals surface area contributed by atoms with Crippen LogP contribution < -0.4 is 9.04 Å². The van der Waals surface area contributed by atoms with E-state index in [1.807, 2.05) is 0 Å². The molecule has 0 saturated heterocycles. The van der Waals surface area contributed by atoms with Crippen molar-refractivity contribution in [1.82, 2.24) is 0 Å². The first kappa shape index (κ1) is 22.5. The van der Waals surface area contributed by atoms with E-state index in [9.17, 15) is 23.3 Å². The average Bonchev–Trinajstić information content (AvgIpc) is 3.26. The van der Waals surface area contributed by atoms with Crippen molar-refractivity contribution in [2.75, 3.05) is 17.5 Å². The molecule has 1 saturated carbocycles. The maximum atomic E-state index is 13.3. The summed E-state index contributed by atoms with van der Waals surface area (Å²) in [6.45, 7) is 1.06. The molecule has 0 amide bonds. The van der Waals surface area contributed by atoms with Crippen LogP contribution in [0.4, 0.5) is 11.4 Å². The lowest BCUT2D eigenvalue weighted by Crippen LogP contribution is -2.37. The maximum Gasteiger partial charge on any atom is 0.326 e. The standard InChI is InChI=1S/C21H24N2O7S/c1-2-29-21(24)15-22(31(27,28)20-10-6-5-9-19(20)23(25)26)16-11-13-18(14-12-16)30-17-7-3-4-8-17/h5-6,9-14,17H,2-4,7-8,15H2,1H3. The number of carbonyl (C=O) groups is 1. The Morgan fingerprint density at radius 1 is 1.13 bits per heavy atom. The largest absolute Gasteiger partial charge is 0.490 e. The minimum atomic E-state index is -4.43. The van der Waals surface area contributed by atoms with E-state index in [4.69, 9.17) is 9.47 Å². The van der Waals surface area contributed by atoms with Gasteiger partial charge in [0.05, 0.1) is 23.3 Å². The summed E-state index contributed by atoms with van der Waals surface area (Å²) in [7, 11) is -4.43. The predicted octanol–water partition coefficient (Wildman–Crippen LogP) is 3.67. The number of rotatable bonds is 9. The number of ether oxygens (including phenoxy) is 2. The first-order valence-corrected chi connectivity index (χ1v) is 11.5. The fourth-order valence-corrected chi connectivity index (χ4v) is 5.04. The van der Waals surface area contributed by atoms with Gasteiger partial charge in [-0.1, -0.05) is 12.1 Å². The molecule has 0 bridgehead atoms. The summed E-state index contributed by atoms with van der Waals surface area (Å²) in [4.78, 5) is 22.2. The van der Waals surface area contributed by atoms with Crippen LogP contribution in [0, 0.1) is 10.1 Å². The number of hydrogen-bond acceptors (Lipinski definition) is 7. The van der Waals surface area contributed by atoms with Gasteiger partial charge in [0.25, 0.3) is 15.7 Å². The molecule has 0 radical (unpaired) electrons. The summed E-state index contributed by atoms with van der Waals surface area (Å²) < 4.78 is 38.3. The minimum absolute atomic E-state index is 0.0758. The highest BCUT2D eigenvalue weighted by Gasteiger charge is 2.33. The first-order chi connectivity index (χ1) is 14.8. The van der Waals surface area contributed by atoms with Crippen molar-refractivity contribution in [3.8, 4) is 5.75 Å². The van der Waals surface area contributed by atoms with E-state index in [1.54, 1.807) is 19.1 Å². The van der Waals surface area contributed by atoms with Gasteiger partial charge in [0, 0.05) is 6.07 Å². The molecule has 31 heavy (non-hydrogen) atoms. The topological polar surface area (TPSA) is 116 Å². The number of carbonyl (C=O) groups excluding carboxylic acids is 1. The van der Waals surface area contributed by atoms with Gasteiger partial charge in [-0.25, -0.2) is 8.42 Å². The van der Waals surface area contributed by atoms with Crippen molar-refractivity contribution in [3.05, 3.63) is 58.6 Å². The Balaban J connectivity index is 1.96. The van der Waals surface area contributed by atoms with Crippen LogP contribution >= 0.6 is 0 Å². The summed E-state index contributed by atoms with van der Waals surface area (Å²) >= 11 is 0. The number of nitrogens with zero attached hydrogens (tertiary/aromatic N) is 2. The van der Waals surface area contributed by atoms with Crippen LogP contribution in [-0.2, 0) is 19.6 Å². The average molecular weight is 448 g/mol. The lowest BCUT2D eigenvalue weighted by Gasteiger charge is -2.24. The summed E-state index contributed by atoms with van der Waals surface area (Å²) in [6.07, 6.45) is 4.32. The van der Waals surface area contributed by atoms with Gasteiger partial charge < -0.3 is 9.47 Å². The highest BCUT2D eigenvalue weighted by atomic mass is 32.2. The van der Waals surface area contributed by atoms with Crippen molar-refractivity contribution in [2.45, 2.75) is 43.6 Å². The van der Waals surface area contributed by atoms with Crippen molar-refractivity contribution in [1.29, 1.82) is 0 Å². The Morgan fingerprint density at radius 3 is 2.39 bits per heavy atom. The van der Waals surface area contributed by atoms with E-state index in [1.165, 1.54) is 24.3 Å². The molecule has 166 valence electrons. The number of hydrogen-bond donors (Lipinski definition) is 0. The second-order valence-electron chi connectivity index (χ2n) is 7.06. The maximum absolute atomic E-state index is 13.3. The van der Waals surface area contributed by atoms with Crippen LogP contribution in [-0.4, -0.2) is 38.6 Å². The molecule has 0 aromatic heterocycles. The van der Waals surface area contributed by atoms with Crippen LogP contribution in [0.5, 0.6) is 5.75 Å². The number of anilines is 1. The molecular weight excluding hydrogens is 424 g/mol. The molecule has 0 unspecified atom stereocenters. The molecule has 3 rings (SSSR count). The lowest BCUT2D eigenvalue weighted by atomic mass is 10.2. The quantitative estimate of drug-likeness (QED) is 0.326. The van der Waals surface area contributed by atoms with Gasteiger partial charge in [0.2, 0.25) is 0 Å². The van der Waals surface area contributed by atoms with Crippen LogP contribution in [0.15, 0.2) is 53.4 Å². The molecule has 10 heteroatoms. The second kappa shape index (κ2) is 9.78. The van der Waals surface area contributed by atoms with E-state index >= 15 is 0 Å². The fourth-order valence-electron chi connectivity index (χ4n) is 3.47. The summed E-state index contributed by atoms with van der Waals surface area (Å²) in [5, 5.41) is 11.4. The number of nitro groups is 1. The van der Waals surface area contributed by atoms with Crippen LogP contribution in [0.25, 0.3) is 0 Å². The second-order valence-corrected chi connectivity index (χ2v) is 8.89. The Hall–Kier alpha value is -3.14. The van der Waals surface area contributed by atoms with Crippen molar-refractivity contribution in [3.63, 3.8) is 0 Å². The molecule has 9 nitrogen and oxygen atoms in total. The zero-order valence-corrected chi connectivity index (χ0v) is 17.9. The van der Waals surface area contributed by atoms with Gasteiger partial charge in [-0.05, 0) is 62.9 Å². The van der Waals surface area contributed by atoms with Crippen molar-refractivity contribution >= 4 is 27.4 Å².